The maximum atomic E-state index is 5.38. The van der Waals surface area contributed by atoms with Crippen molar-refractivity contribution in [1.82, 2.24) is 5.32 Å². The second-order valence-corrected chi connectivity index (χ2v) is 5.15. The summed E-state index contributed by atoms with van der Waals surface area (Å²) in [7, 11) is 0. The van der Waals surface area contributed by atoms with Crippen LogP contribution < -0.4 is 5.32 Å². The fraction of sp³-hybridized carbons (Fsp3) is 0.600. The fourth-order valence-electron chi connectivity index (χ4n) is 0.648. The Balaban J connectivity index is 0.000000223. The summed E-state index contributed by atoms with van der Waals surface area (Å²) in [5.74, 6) is 0. The molecule has 13 heavy (non-hydrogen) atoms. The van der Waals surface area contributed by atoms with E-state index in [0.29, 0.717) is 6.00 Å². The Morgan fingerprint density at radius 1 is 1.54 bits per heavy atom. The molecule has 0 spiro atoms. The Morgan fingerprint density at radius 2 is 2.15 bits per heavy atom. The van der Waals surface area contributed by atoms with Crippen LogP contribution in [0.15, 0.2) is 22.1 Å². The molecule has 0 amide bonds. The standard InChI is InChI=1S/C5H12ClN.C5H5.Ti/c1-5(2,3)7-4-6;1-2-4-5-3-1;/h7H,4H2,1-3H3;1-3H,4H2;. The van der Waals surface area contributed by atoms with Gasteiger partial charge in [0, 0.05) is 5.54 Å². The predicted molar refractivity (Wildman–Crippen MR) is 55.4 cm³/mol. The van der Waals surface area contributed by atoms with Crippen LogP contribution in [0.3, 0.4) is 0 Å². The Kier molecular flexibility index (Phi) is 7.07. The molecule has 0 saturated carbocycles. The number of halogens is 1. The van der Waals surface area contributed by atoms with Gasteiger partial charge >= 0.3 is 49.0 Å². The van der Waals surface area contributed by atoms with Crippen LogP contribution in [0.1, 0.15) is 27.2 Å². The Labute approximate surface area is 98.0 Å². The first-order valence-corrected chi connectivity index (χ1v) is 5.65. The quantitative estimate of drug-likeness (QED) is 0.418. The van der Waals surface area contributed by atoms with Gasteiger partial charge < -0.3 is 0 Å². The van der Waals surface area contributed by atoms with Crippen molar-refractivity contribution in [2.24, 2.45) is 0 Å². The molecule has 0 aromatic heterocycles. The zero-order chi connectivity index (χ0) is 10.3. The zero-order valence-electron chi connectivity index (χ0n) is 8.52. The van der Waals surface area contributed by atoms with Crippen molar-refractivity contribution in [3.63, 3.8) is 0 Å². The van der Waals surface area contributed by atoms with Crippen LogP contribution in [0.4, 0.5) is 0 Å². The van der Waals surface area contributed by atoms with Crippen LogP contribution in [0.2, 0.25) is 0 Å². The maximum absolute atomic E-state index is 5.38. The van der Waals surface area contributed by atoms with Gasteiger partial charge in [-0.25, -0.2) is 0 Å². The van der Waals surface area contributed by atoms with Crippen LogP contribution in [0.5, 0.6) is 0 Å². The summed E-state index contributed by atoms with van der Waals surface area (Å²) in [6, 6.07) is 0.531. The number of hydrogen-bond acceptors (Lipinski definition) is 1. The molecule has 1 aliphatic carbocycles. The predicted octanol–water partition coefficient (Wildman–Crippen LogP) is 2.95. The summed E-state index contributed by atoms with van der Waals surface area (Å²) in [6.45, 7) is 6.24. The zero-order valence-corrected chi connectivity index (χ0v) is 10.8. The summed E-state index contributed by atoms with van der Waals surface area (Å²) in [6.07, 6.45) is 7.56. The molecule has 0 saturated heterocycles. The molecule has 0 unspecified atom stereocenters. The van der Waals surface area contributed by atoms with E-state index >= 15 is 0 Å². The average molecular weight is 235 g/mol. The minimum absolute atomic E-state index is 0.168. The van der Waals surface area contributed by atoms with E-state index in [2.05, 4.69) is 64.8 Å². The molecule has 3 heteroatoms. The molecular weight excluding hydrogens is 217 g/mol. The molecule has 0 radical (unpaired) electrons. The third kappa shape index (κ3) is 10.4. The fourth-order valence-corrected chi connectivity index (χ4v) is 1.38. The van der Waals surface area contributed by atoms with Crippen LogP contribution in [0.25, 0.3) is 0 Å². The topological polar surface area (TPSA) is 12.0 Å². The van der Waals surface area contributed by atoms with E-state index in [9.17, 15) is 0 Å². The van der Waals surface area contributed by atoms with Crippen molar-refractivity contribution in [3.05, 3.63) is 22.1 Å². The summed E-state index contributed by atoms with van der Waals surface area (Å²) in [5.41, 5.74) is 0.168. The molecule has 0 fully saturated rings. The van der Waals surface area contributed by atoms with E-state index in [1.165, 1.54) is 10.3 Å². The van der Waals surface area contributed by atoms with Crippen molar-refractivity contribution >= 4 is 11.6 Å². The molecule has 1 aliphatic rings. The number of alkyl halides is 1. The molecule has 1 rings (SSSR count). The summed E-state index contributed by atoms with van der Waals surface area (Å²) in [4.78, 5) is 0. The summed E-state index contributed by atoms with van der Waals surface area (Å²) >= 11 is 7.51. The van der Waals surface area contributed by atoms with Crippen LogP contribution in [-0.4, -0.2) is 11.5 Å². The van der Waals surface area contributed by atoms with E-state index in [1.54, 1.807) is 0 Å². The van der Waals surface area contributed by atoms with Crippen molar-refractivity contribution in [1.29, 1.82) is 0 Å². The second kappa shape index (κ2) is 6.83. The molecule has 1 N–H and O–H groups in total. The minimum atomic E-state index is 0.168. The van der Waals surface area contributed by atoms with Crippen LogP contribution >= 0.6 is 11.6 Å². The molecule has 0 bridgehead atoms. The summed E-state index contributed by atoms with van der Waals surface area (Å²) < 4.78 is 1.47. The average Bonchev–Trinajstić information content (AvgIpc) is 2.38. The van der Waals surface area contributed by atoms with Gasteiger partial charge in [-0.1, -0.05) is 0 Å². The van der Waals surface area contributed by atoms with Crippen molar-refractivity contribution < 1.29 is 20.4 Å². The van der Waals surface area contributed by atoms with Crippen molar-refractivity contribution in [2.75, 3.05) is 6.00 Å². The first-order valence-electron chi connectivity index (χ1n) is 4.34. The first kappa shape index (κ1) is 13.4. The second-order valence-electron chi connectivity index (χ2n) is 3.88. The number of nitrogens with one attached hydrogen (secondary N) is 1. The third-order valence-corrected chi connectivity index (χ3v) is 2.08. The number of rotatable bonds is 1. The van der Waals surface area contributed by atoms with Gasteiger partial charge in [0.15, 0.2) is 0 Å². The Morgan fingerprint density at radius 3 is 2.23 bits per heavy atom. The van der Waals surface area contributed by atoms with E-state index in [0.717, 1.165) is 0 Å². The Bertz CT molecular complexity index is 192. The van der Waals surface area contributed by atoms with Gasteiger partial charge in [-0.2, -0.15) is 0 Å². The van der Waals surface area contributed by atoms with Gasteiger partial charge in [0.2, 0.25) is 0 Å². The van der Waals surface area contributed by atoms with Gasteiger partial charge in [-0.3, -0.25) is 5.32 Å². The normalized spacial score (nSPS) is 14.8. The van der Waals surface area contributed by atoms with E-state index in [4.69, 9.17) is 11.6 Å². The van der Waals surface area contributed by atoms with Crippen molar-refractivity contribution in [3.8, 4) is 0 Å². The summed E-state index contributed by atoms with van der Waals surface area (Å²) in [5, 5.41) is 3.05. The molecule has 0 aromatic carbocycles. The van der Waals surface area contributed by atoms with Crippen LogP contribution in [0, 0.1) is 0 Å². The van der Waals surface area contributed by atoms with Crippen LogP contribution in [-0.2, 0) is 20.4 Å². The number of hydrogen-bond donors (Lipinski definition) is 1. The van der Waals surface area contributed by atoms with E-state index in [1.807, 2.05) is 0 Å². The Hall–Kier alpha value is 0.444. The SMILES string of the molecule is CC(C)(C)NCCl.[Ti][C]1=CC=CC1. The van der Waals surface area contributed by atoms with Gasteiger partial charge in [0.1, 0.15) is 0 Å². The first-order chi connectivity index (χ1) is 5.95. The van der Waals surface area contributed by atoms with E-state index < -0.39 is 0 Å². The molecular formula is C10H17ClNTi. The number of allylic oxidation sites excluding steroid dienone is 4. The molecule has 73 valence electrons. The van der Waals surface area contributed by atoms with Gasteiger partial charge in [-0.15, -0.1) is 11.6 Å². The molecule has 0 aromatic rings. The van der Waals surface area contributed by atoms with Crippen molar-refractivity contribution in [2.45, 2.75) is 32.7 Å². The molecule has 1 nitrogen and oxygen atoms in total. The van der Waals surface area contributed by atoms with Gasteiger partial charge in [0.05, 0.1) is 6.00 Å². The monoisotopic (exact) mass is 234 g/mol. The third-order valence-electron chi connectivity index (χ3n) is 1.37. The molecule has 0 heterocycles. The molecule has 0 aliphatic heterocycles. The molecule has 0 atom stereocenters. The van der Waals surface area contributed by atoms with Gasteiger partial charge in [0.25, 0.3) is 0 Å². The van der Waals surface area contributed by atoms with Gasteiger partial charge in [-0.05, 0) is 20.8 Å². The van der Waals surface area contributed by atoms with E-state index in [-0.39, 0.29) is 5.54 Å².